The maximum absolute atomic E-state index is 5.06. The van der Waals surface area contributed by atoms with Crippen molar-refractivity contribution in [1.29, 1.82) is 0 Å². The Bertz CT molecular complexity index is 2030. The Hall–Kier alpha value is -3.70. The van der Waals surface area contributed by atoms with Gasteiger partial charge in [-0.1, -0.05) is 62.8 Å². The van der Waals surface area contributed by atoms with Crippen LogP contribution in [0.25, 0.3) is 27.6 Å². The molecule has 232 valence electrons. The SMILES string of the molecule is CC(C)c1ccnc(-n2c3[c-]c([Si](C)(C)c4[c-]c(N5[OH+]N(C(C)(C)C)c6ccccc65)ccc4)ccc3c3ccccc32)c1.[Pt]. The summed E-state index contributed by atoms with van der Waals surface area (Å²) >= 11 is 0. The standard InChI is InChI=1S/C38H38N4OSi.Pt/c1-26(2)27-21-22-39-37(23-27)40-33-16-9-8-15-31(33)32-20-19-30(25-36(32)40)44(6,7)29-14-12-13-28(24-29)41-34-17-10-11-18-35(34)42(43-41)38(3,4)5;/h8-23,26H,1-7H3;/q-2;/p+1. The first-order valence-electron chi connectivity index (χ1n) is 15.4. The van der Waals surface area contributed by atoms with Gasteiger partial charge < -0.3 is 4.57 Å². The summed E-state index contributed by atoms with van der Waals surface area (Å²) in [6.45, 7) is 15.8. The van der Waals surface area contributed by atoms with E-state index in [9.17, 15) is 0 Å². The minimum absolute atomic E-state index is 0. The predicted octanol–water partition coefficient (Wildman–Crippen LogP) is 8.32. The van der Waals surface area contributed by atoms with E-state index in [0.717, 1.165) is 33.9 Å². The largest absolute Gasteiger partial charge is 0.319 e. The Morgan fingerprint density at radius 1 is 0.778 bits per heavy atom. The number of fused-ring (bicyclic) bond motifs is 4. The molecule has 6 aromatic rings. The zero-order chi connectivity index (χ0) is 30.8. The number of para-hydroxylation sites is 3. The molecule has 0 saturated carbocycles. The van der Waals surface area contributed by atoms with Crippen molar-refractivity contribution in [2.75, 3.05) is 10.1 Å². The van der Waals surface area contributed by atoms with E-state index in [4.69, 9.17) is 9.92 Å². The van der Waals surface area contributed by atoms with Crippen molar-refractivity contribution in [3.63, 3.8) is 0 Å². The van der Waals surface area contributed by atoms with E-state index in [1.807, 2.05) is 11.3 Å². The van der Waals surface area contributed by atoms with Gasteiger partial charge in [0, 0.05) is 38.5 Å². The van der Waals surface area contributed by atoms with Gasteiger partial charge in [0.2, 0.25) is 0 Å². The van der Waals surface area contributed by atoms with E-state index in [2.05, 4.69) is 160 Å². The Labute approximate surface area is 281 Å². The van der Waals surface area contributed by atoms with Crippen LogP contribution in [0.15, 0.2) is 97.2 Å². The third-order valence-corrected chi connectivity index (χ3v) is 12.0. The molecule has 7 heteroatoms. The first kappa shape index (κ1) is 31.3. The summed E-state index contributed by atoms with van der Waals surface area (Å²) in [6.07, 6.45) is 1.93. The van der Waals surface area contributed by atoms with Crippen LogP contribution >= 0.6 is 0 Å². The summed E-state index contributed by atoms with van der Waals surface area (Å²) < 4.78 is 2.28. The fraction of sp³-hybridized carbons (Fsp3) is 0.237. The second kappa shape index (κ2) is 11.6. The molecule has 3 heterocycles. The van der Waals surface area contributed by atoms with Crippen molar-refractivity contribution in [3.05, 3.63) is 115 Å². The molecule has 1 aliphatic heterocycles. The van der Waals surface area contributed by atoms with Crippen LogP contribution < -0.4 is 20.5 Å². The number of pyridine rings is 1. The number of nitrogens with zero attached hydrogens (tertiary/aromatic N) is 4. The van der Waals surface area contributed by atoms with Gasteiger partial charge >= 0.3 is 0 Å². The summed E-state index contributed by atoms with van der Waals surface area (Å²) in [5.41, 5.74) is 6.47. The molecule has 7 rings (SSSR count). The third kappa shape index (κ3) is 5.33. The third-order valence-electron chi connectivity index (χ3n) is 8.76. The Balaban J connectivity index is 0.00000357. The molecule has 0 saturated heterocycles. The summed E-state index contributed by atoms with van der Waals surface area (Å²) in [5.74, 6) is 1.35. The second-order valence-electron chi connectivity index (χ2n) is 13.5. The second-order valence-corrected chi connectivity index (χ2v) is 17.9. The Kier molecular flexibility index (Phi) is 8.05. The van der Waals surface area contributed by atoms with Crippen molar-refractivity contribution in [2.45, 2.75) is 59.2 Å². The van der Waals surface area contributed by atoms with Crippen LogP contribution in [0.4, 0.5) is 17.1 Å². The number of aromatic nitrogens is 2. The summed E-state index contributed by atoms with van der Waals surface area (Å²) in [4.78, 5) is 9.90. The molecule has 0 fully saturated rings. The molecule has 0 atom stereocenters. The van der Waals surface area contributed by atoms with Crippen LogP contribution in [-0.2, 0) is 21.1 Å². The minimum atomic E-state index is -2.23. The fourth-order valence-electron chi connectivity index (χ4n) is 6.18. The quantitative estimate of drug-likeness (QED) is 0.100. The van der Waals surface area contributed by atoms with Gasteiger partial charge in [0.1, 0.15) is 22.7 Å². The van der Waals surface area contributed by atoms with Gasteiger partial charge in [-0.15, -0.1) is 21.6 Å². The first-order valence-corrected chi connectivity index (χ1v) is 18.4. The minimum Gasteiger partial charge on any atom is -0.319 e. The molecule has 4 aromatic carbocycles. The van der Waals surface area contributed by atoms with Gasteiger partial charge in [0.25, 0.3) is 0 Å². The molecule has 0 amide bonds. The number of hydrogen-bond donors (Lipinski definition) is 0. The van der Waals surface area contributed by atoms with Crippen LogP contribution in [0.5, 0.6) is 0 Å². The van der Waals surface area contributed by atoms with Gasteiger partial charge in [0.15, 0.2) is 0 Å². The van der Waals surface area contributed by atoms with Gasteiger partial charge in [-0.25, -0.2) is 4.98 Å². The van der Waals surface area contributed by atoms with Crippen molar-refractivity contribution in [3.8, 4) is 5.82 Å². The predicted molar refractivity (Wildman–Crippen MR) is 186 cm³/mol. The maximum atomic E-state index is 5.06. The average molecular weight is 791 g/mol. The van der Waals surface area contributed by atoms with Crippen LogP contribution in [0.1, 0.15) is 46.1 Å². The topological polar surface area (TPSA) is 37.1 Å². The number of benzene rings is 4. The molecule has 2 aromatic heterocycles. The number of anilines is 3. The molecule has 1 aliphatic rings. The molecular weight excluding hydrogens is 752 g/mol. The Morgan fingerprint density at radius 3 is 2.24 bits per heavy atom. The van der Waals surface area contributed by atoms with Crippen LogP contribution in [0.3, 0.4) is 0 Å². The molecule has 0 aliphatic carbocycles. The molecule has 1 N–H and O–H groups in total. The smallest absolute Gasteiger partial charge is 0.145 e. The average Bonchev–Trinajstić information content (AvgIpc) is 3.58. The number of hydrogen-bond acceptors (Lipinski definition) is 3. The molecule has 0 radical (unpaired) electrons. The van der Waals surface area contributed by atoms with Crippen LogP contribution in [0, 0.1) is 12.1 Å². The summed E-state index contributed by atoms with van der Waals surface area (Å²) in [5, 5.41) is 9.00. The molecule has 5 nitrogen and oxygen atoms in total. The normalized spacial score (nSPS) is 13.5. The van der Waals surface area contributed by atoms with Crippen LogP contribution in [-0.4, -0.2) is 28.1 Å². The summed E-state index contributed by atoms with van der Waals surface area (Å²) in [7, 11) is -2.23. The number of rotatable bonds is 5. The van der Waals surface area contributed by atoms with Crippen molar-refractivity contribution in [1.82, 2.24) is 9.55 Å². The zero-order valence-corrected chi connectivity index (χ0v) is 30.1. The molecule has 0 bridgehead atoms. The molecule has 0 spiro atoms. The van der Waals surface area contributed by atoms with E-state index in [1.54, 1.807) is 0 Å². The van der Waals surface area contributed by atoms with E-state index in [1.165, 1.54) is 26.7 Å². The van der Waals surface area contributed by atoms with Crippen molar-refractivity contribution < 1.29 is 26.0 Å². The van der Waals surface area contributed by atoms with E-state index in [-0.39, 0.29) is 26.6 Å². The first-order chi connectivity index (χ1) is 21.0. The van der Waals surface area contributed by atoms with Gasteiger partial charge in [-0.3, -0.25) is 0 Å². The van der Waals surface area contributed by atoms with E-state index < -0.39 is 8.07 Å². The molecule has 45 heavy (non-hydrogen) atoms. The maximum Gasteiger partial charge on any atom is 0.145 e. The number of hydroxylamine groups is 1. The van der Waals surface area contributed by atoms with E-state index in [0.29, 0.717) is 5.92 Å². The Morgan fingerprint density at radius 2 is 1.49 bits per heavy atom. The van der Waals surface area contributed by atoms with Crippen molar-refractivity contribution in [2.24, 2.45) is 0 Å². The zero-order valence-electron chi connectivity index (χ0n) is 26.9. The van der Waals surface area contributed by atoms with Gasteiger partial charge in [-0.05, 0) is 68.0 Å². The van der Waals surface area contributed by atoms with Gasteiger partial charge in [0.05, 0.1) is 8.07 Å². The monoisotopic (exact) mass is 790 g/mol. The van der Waals surface area contributed by atoms with Crippen molar-refractivity contribution >= 4 is 57.3 Å². The molecule has 0 unspecified atom stereocenters. The molecular formula is C38H39N4OPtSi-. The van der Waals surface area contributed by atoms with E-state index >= 15 is 0 Å². The fourth-order valence-corrected chi connectivity index (χ4v) is 8.36. The van der Waals surface area contributed by atoms with Gasteiger partial charge in [-0.2, -0.15) is 51.7 Å². The summed E-state index contributed by atoms with van der Waals surface area (Å²) in [6, 6.07) is 40.1. The van der Waals surface area contributed by atoms with Crippen LogP contribution in [0.2, 0.25) is 13.1 Å².